The van der Waals surface area contributed by atoms with Crippen LogP contribution in [0.3, 0.4) is 0 Å². The molecule has 1 aromatic heterocycles. The first-order chi connectivity index (χ1) is 13.7. The number of aromatic nitrogens is 2. The van der Waals surface area contributed by atoms with Gasteiger partial charge in [-0.3, -0.25) is 0 Å². The Bertz CT molecular complexity index is 975. The molecule has 0 amide bonds. The molecular formula is C21H20N2O5. The molecule has 2 heterocycles. The zero-order valence-corrected chi connectivity index (χ0v) is 15.4. The van der Waals surface area contributed by atoms with Crippen LogP contribution in [0, 0.1) is 0 Å². The second-order valence-electron chi connectivity index (χ2n) is 6.45. The third-order valence-electron chi connectivity index (χ3n) is 4.64. The van der Waals surface area contributed by atoms with Crippen LogP contribution in [0.2, 0.25) is 0 Å². The van der Waals surface area contributed by atoms with E-state index in [0.717, 1.165) is 23.4 Å². The molecule has 3 aromatic rings. The second kappa shape index (κ2) is 7.74. The Morgan fingerprint density at radius 2 is 2.00 bits per heavy atom. The molecule has 1 N–H and O–H groups in total. The van der Waals surface area contributed by atoms with Crippen molar-refractivity contribution >= 4 is 5.97 Å². The number of ether oxygens (including phenoxy) is 3. The van der Waals surface area contributed by atoms with Gasteiger partial charge in [-0.05, 0) is 48.5 Å². The highest BCUT2D eigenvalue weighted by atomic mass is 16.6. The molecule has 1 aliphatic rings. The van der Waals surface area contributed by atoms with Crippen molar-refractivity contribution in [1.29, 1.82) is 0 Å². The minimum absolute atomic E-state index is 0.0117. The van der Waals surface area contributed by atoms with E-state index in [9.17, 15) is 4.79 Å². The topological polar surface area (TPSA) is 82.8 Å². The van der Waals surface area contributed by atoms with Crippen molar-refractivity contribution in [1.82, 2.24) is 9.78 Å². The molecule has 1 saturated heterocycles. The zero-order chi connectivity index (χ0) is 19.5. The Hall–Kier alpha value is -3.32. The Morgan fingerprint density at radius 1 is 1.18 bits per heavy atom. The number of hydrogen-bond acceptors (Lipinski definition) is 5. The fourth-order valence-corrected chi connectivity index (χ4v) is 3.19. The normalized spacial score (nSPS) is 16.1. The van der Waals surface area contributed by atoms with Crippen LogP contribution in [-0.4, -0.2) is 47.3 Å². The maximum atomic E-state index is 11.1. The van der Waals surface area contributed by atoms with E-state index in [-0.39, 0.29) is 11.7 Å². The van der Waals surface area contributed by atoms with Crippen molar-refractivity contribution in [3.8, 4) is 28.4 Å². The second-order valence-corrected chi connectivity index (χ2v) is 6.45. The van der Waals surface area contributed by atoms with Crippen molar-refractivity contribution < 1.29 is 24.1 Å². The van der Waals surface area contributed by atoms with E-state index in [2.05, 4.69) is 5.10 Å². The molecule has 0 unspecified atom stereocenters. The van der Waals surface area contributed by atoms with Gasteiger partial charge in [0, 0.05) is 12.0 Å². The Kier molecular flexibility index (Phi) is 4.99. The lowest BCUT2D eigenvalue weighted by atomic mass is 10.1. The van der Waals surface area contributed by atoms with Gasteiger partial charge in [-0.15, -0.1) is 0 Å². The highest BCUT2D eigenvalue weighted by Crippen LogP contribution is 2.34. The fourth-order valence-electron chi connectivity index (χ4n) is 3.19. The van der Waals surface area contributed by atoms with Crippen molar-refractivity contribution in [3.05, 3.63) is 60.3 Å². The predicted octanol–water partition coefficient (Wildman–Crippen LogP) is 3.41. The molecule has 2 aromatic carbocycles. The Balaban J connectivity index is 1.68. The van der Waals surface area contributed by atoms with E-state index in [1.54, 1.807) is 42.3 Å². The molecule has 0 aliphatic carbocycles. The van der Waals surface area contributed by atoms with E-state index in [1.165, 1.54) is 0 Å². The summed E-state index contributed by atoms with van der Waals surface area (Å²) in [7, 11) is 1.61. The molecule has 1 fully saturated rings. The number of benzene rings is 2. The highest BCUT2D eigenvalue weighted by molar-refractivity contribution is 5.87. The number of carboxylic acids is 1. The van der Waals surface area contributed by atoms with Crippen molar-refractivity contribution in [2.75, 3.05) is 20.3 Å². The highest BCUT2D eigenvalue weighted by Gasteiger charge is 2.20. The lowest BCUT2D eigenvalue weighted by Crippen LogP contribution is -2.16. The summed E-state index contributed by atoms with van der Waals surface area (Å²) in [6, 6.07) is 14.2. The smallest absolute Gasteiger partial charge is 0.335 e. The molecule has 0 bridgehead atoms. The minimum atomic E-state index is -0.958. The summed E-state index contributed by atoms with van der Waals surface area (Å²) in [5.74, 6) is 0.358. The van der Waals surface area contributed by atoms with Gasteiger partial charge in [0.25, 0.3) is 0 Å². The molecule has 7 heteroatoms. The lowest BCUT2D eigenvalue weighted by molar-refractivity contribution is 0.0697. The molecule has 0 radical (unpaired) electrons. The van der Waals surface area contributed by atoms with Gasteiger partial charge >= 0.3 is 5.97 Å². The molecule has 1 aliphatic heterocycles. The number of rotatable bonds is 6. The van der Waals surface area contributed by atoms with Gasteiger partial charge in [0.05, 0.1) is 43.5 Å². The van der Waals surface area contributed by atoms with Crippen molar-refractivity contribution in [3.63, 3.8) is 0 Å². The Morgan fingerprint density at radius 3 is 2.68 bits per heavy atom. The van der Waals surface area contributed by atoms with Crippen molar-refractivity contribution in [2.24, 2.45) is 0 Å². The van der Waals surface area contributed by atoms with E-state index in [4.69, 9.17) is 19.3 Å². The van der Waals surface area contributed by atoms with Gasteiger partial charge in [0.15, 0.2) is 11.5 Å². The molecule has 4 rings (SSSR count). The van der Waals surface area contributed by atoms with E-state index in [0.29, 0.717) is 24.7 Å². The third kappa shape index (κ3) is 3.57. The SMILES string of the molecule is COc1ccc(-c2ccnn2-c2ccc(C(=O)O)cc2)cc1O[C@@H]1CCOC1. The summed E-state index contributed by atoms with van der Waals surface area (Å²) in [6.45, 7) is 1.27. The molecule has 7 nitrogen and oxygen atoms in total. The third-order valence-corrected chi connectivity index (χ3v) is 4.64. The summed E-state index contributed by atoms with van der Waals surface area (Å²) in [4.78, 5) is 11.1. The van der Waals surface area contributed by atoms with Crippen LogP contribution >= 0.6 is 0 Å². The number of nitrogens with zero attached hydrogens (tertiary/aromatic N) is 2. The van der Waals surface area contributed by atoms with Gasteiger partial charge in [-0.25, -0.2) is 9.48 Å². The first-order valence-electron chi connectivity index (χ1n) is 8.96. The summed E-state index contributed by atoms with van der Waals surface area (Å²) in [5.41, 5.74) is 2.77. The number of carbonyl (C=O) groups is 1. The standard InChI is InChI=1S/C21H20N2O5/c1-26-19-7-4-15(12-20(19)28-17-9-11-27-13-17)18-8-10-22-23(18)16-5-2-14(3-6-16)21(24)25/h2-8,10,12,17H,9,11,13H2,1H3,(H,24,25)/t17-/m1/s1. The van der Waals surface area contributed by atoms with Crippen LogP contribution in [0.5, 0.6) is 11.5 Å². The van der Waals surface area contributed by atoms with Crippen molar-refractivity contribution in [2.45, 2.75) is 12.5 Å². The summed E-state index contributed by atoms with van der Waals surface area (Å²) < 4.78 is 18.7. The number of carboxylic acid groups (broad SMARTS) is 1. The molecule has 144 valence electrons. The van der Waals surface area contributed by atoms with Crippen LogP contribution in [0.1, 0.15) is 16.8 Å². The average Bonchev–Trinajstić information content (AvgIpc) is 3.40. The van der Waals surface area contributed by atoms with Gasteiger partial charge in [-0.2, -0.15) is 5.10 Å². The molecule has 1 atom stereocenters. The van der Waals surface area contributed by atoms with Gasteiger partial charge in [0.2, 0.25) is 0 Å². The van der Waals surface area contributed by atoms with E-state index >= 15 is 0 Å². The van der Waals surface area contributed by atoms with Crippen LogP contribution in [0.4, 0.5) is 0 Å². The number of aromatic carboxylic acids is 1. The fraction of sp³-hybridized carbons (Fsp3) is 0.238. The maximum absolute atomic E-state index is 11.1. The first kappa shape index (κ1) is 18.1. The largest absolute Gasteiger partial charge is 0.493 e. The predicted molar refractivity (Wildman–Crippen MR) is 102 cm³/mol. The number of methoxy groups -OCH3 is 1. The first-order valence-corrected chi connectivity index (χ1v) is 8.96. The van der Waals surface area contributed by atoms with Crippen LogP contribution in [0.15, 0.2) is 54.7 Å². The molecule has 0 saturated carbocycles. The summed E-state index contributed by atoms with van der Waals surface area (Å²) >= 11 is 0. The molecule has 28 heavy (non-hydrogen) atoms. The van der Waals surface area contributed by atoms with Crippen LogP contribution in [-0.2, 0) is 4.74 Å². The number of hydrogen-bond donors (Lipinski definition) is 1. The van der Waals surface area contributed by atoms with Gasteiger partial charge < -0.3 is 19.3 Å². The van der Waals surface area contributed by atoms with E-state index in [1.807, 2.05) is 24.3 Å². The van der Waals surface area contributed by atoms with Crippen LogP contribution in [0.25, 0.3) is 16.9 Å². The van der Waals surface area contributed by atoms with Gasteiger partial charge in [-0.1, -0.05) is 0 Å². The van der Waals surface area contributed by atoms with E-state index < -0.39 is 5.97 Å². The zero-order valence-electron chi connectivity index (χ0n) is 15.4. The Labute approximate surface area is 162 Å². The summed E-state index contributed by atoms with van der Waals surface area (Å²) in [6.07, 6.45) is 2.56. The minimum Gasteiger partial charge on any atom is -0.493 e. The molecular weight excluding hydrogens is 360 g/mol. The maximum Gasteiger partial charge on any atom is 0.335 e. The quantitative estimate of drug-likeness (QED) is 0.706. The van der Waals surface area contributed by atoms with Crippen LogP contribution < -0.4 is 9.47 Å². The molecule has 0 spiro atoms. The van der Waals surface area contributed by atoms with Gasteiger partial charge in [0.1, 0.15) is 6.10 Å². The lowest BCUT2D eigenvalue weighted by Gasteiger charge is -2.16. The average molecular weight is 380 g/mol. The monoisotopic (exact) mass is 380 g/mol. The summed E-state index contributed by atoms with van der Waals surface area (Å²) in [5, 5.41) is 13.5.